The highest BCUT2D eigenvalue weighted by Crippen LogP contribution is 2.19. The number of H-pyrrole nitrogens is 1. The number of aromatic nitrogens is 1. The first-order valence-corrected chi connectivity index (χ1v) is 9.19. The molecular weight excluding hydrogens is 312 g/mol. The fourth-order valence-corrected chi connectivity index (χ4v) is 3.36. The Kier molecular flexibility index (Phi) is 5.69. The normalized spacial score (nSPS) is 14.4. The average Bonchev–Trinajstić information content (AvgIpc) is 2.62. The molecule has 0 atom stereocenters. The van der Waals surface area contributed by atoms with Gasteiger partial charge in [0.25, 0.3) is 5.56 Å². The zero-order valence-corrected chi connectivity index (χ0v) is 14.9. The minimum atomic E-state index is -0.0484. The summed E-state index contributed by atoms with van der Waals surface area (Å²) in [5.41, 5.74) is 4.10. The predicted octanol–water partition coefficient (Wildman–Crippen LogP) is 3.78. The molecule has 25 heavy (non-hydrogen) atoms. The quantitative estimate of drug-likeness (QED) is 0.788. The van der Waals surface area contributed by atoms with Crippen LogP contribution in [-0.2, 0) is 11.2 Å². The SMILES string of the molecule is Cc1cc2cc(CCC(=O)NCCC3=CCCCC3)ccc2[nH]c1=O. The van der Waals surface area contributed by atoms with Crippen LogP contribution in [0, 0.1) is 6.92 Å². The zero-order chi connectivity index (χ0) is 17.6. The number of benzene rings is 1. The van der Waals surface area contributed by atoms with Gasteiger partial charge in [-0.2, -0.15) is 0 Å². The maximum absolute atomic E-state index is 12.0. The van der Waals surface area contributed by atoms with Crippen molar-refractivity contribution in [2.24, 2.45) is 0 Å². The maximum atomic E-state index is 12.0. The highest BCUT2D eigenvalue weighted by molar-refractivity contribution is 5.80. The summed E-state index contributed by atoms with van der Waals surface area (Å²) in [7, 11) is 0. The van der Waals surface area contributed by atoms with E-state index in [-0.39, 0.29) is 11.5 Å². The molecule has 0 aliphatic heterocycles. The van der Waals surface area contributed by atoms with Gasteiger partial charge in [-0.05, 0) is 74.6 Å². The van der Waals surface area contributed by atoms with Gasteiger partial charge >= 0.3 is 0 Å². The molecule has 0 unspecified atom stereocenters. The summed E-state index contributed by atoms with van der Waals surface area (Å²) in [4.78, 5) is 26.5. The minimum absolute atomic E-state index is 0.0484. The van der Waals surface area contributed by atoms with Crippen LogP contribution in [0.2, 0.25) is 0 Å². The van der Waals surface area contributed by atoms with E-state index in [1.54, 1.807) is 6.92 Å². The van der Waals surface area contributed by atoms with Crippen molar-refractivity contribution in [3.63, 3.8) is 0 Å². The van der Waals surface area contributed by atoms with Gasteiger partial charge in [0.2, 0.25) is 5.91 Å². The zero-order valence-electron chi connectivity index (χ0n) is 14.9. The number of amides is 1. The Labute approximate surface area is 148 Å². The summed E-state index contributed by atoms with van der Waals surface area (Å²) in [5.74, 6) is 0.106. The molecule has 3 rings (SSSR count). The van der Waals surface area contributed by atoms with E-state index in [0.29, 0.717) is 18.4 Å². The second-order valence-electron chi connectivity index (χ2n) is 6.91. The third kappa shape index (κ3) is 4.81. The summed E-state index contributed by atoms with van der Waals surface area (Å²) < 4.78 is 0. The third-order valence-corrected chi connectivity index (χ3v) is 4.89. The molecule has 1 aliphatic carbocycles. The summed E-state index contributed by atoms with van der Waals surface area (Å²) in [6.07, 6.45) is 9.48. The van der Waals surface area contributed by atoms with E-state index in [9.17, 15) is 9.59 Å². The van der Waals surface area contributed by atoms with Gasteiger partial charge < -0.3 is 10.3 Å². The van der Waals surface area contributed by atoms with Crippen molar-refractivity contribution in [1.29, 1.82) is 0 Å². The molecule has 2 aromatic rings. The molecular formula is C21H26N2O2. The fourth-order valence-electron chi connectivity index (χ4n) is 3.36. The first kappa shape index (κ1) is 17.5. The first-order valence-electron chi connectivity index (χ1n) is 9.19. The van der Waals surface area contributed by atoms with Gasteiger partial charge in [-0.1, -0.05) is 17.7 Å². The van der Waals surface area contributed by atoms with Gasteiger partial charge in [0, 0.05) is 24.0 Å². The Morgan fingerprint density at radius 2 is 2.08 bits per heavy atom. The highest BCUT2D eigenvalue weighted by Gasteiger charge is 2.06. The number of hydrogen-bond donors (Lipinski definition) is 2. The number of aromatic amines is 1. The van der Waals surface area contributed by atoms with Crippen molar-refractivity contribution in [2.45, 2.75) is 51.9 Å². The number of rotatable bonds is 6. The van der Waals surface area contributed by atoms with Crippen LogP contribution in [0.5, 0.6) is 0 Å². The van der Waals surface area contributed by atoms with Crippen LogP contribution in [-0.4, -0.2) is 17.4 Å². The molecule has 4 heteroatoms. The standard InChI is InChI=1S/C21H26N2O2/c1-15-13-18-14-17(7-9-19(18)23-21(15)25)8-10-20(24)22-12-11-16-5-3-2-4-6-16/h5,7,9,13-14H,2-4,6,8,10-12H2,1H3,(H,22,24)(H,23,25). The monoisotopic (exact) mass is 338 g/mol. The Morgan fingerprint density at radius 3 is 2.88 bits per heavy atom. The van der Waals surface area contributed by atoms with Gasteiger partial charge in [0.05, 0.1) is 0 Å². The number of fused-ring (bicyclic) bond motifs is 1. The van der Waals surface area contributed by atoms with Gasteiger partial charge in [-0.3, -0.25) is 9.59 Å². The average molecular weight is 338 g/mol. The predicted molar refractivity (Wildman–Crippen MR) is 102 cm³/mol. The van der Waals surface area contributed by atoms with E-state index in [0.717, 1.165) is 29.4 Å². The Hall–Kier alpha value is -2.36. The van der Waals surface area contributed by atoms with Gasteiger partial charge in [0.15, 0.2) is 0 Å². The number of aryl methyl sites for hydroxylation is 2. The van der Waals surface area contributed by atoms with Crippen LogP contribution >= 0.6 is 0 Å². The summed E-state index contributed by atoms with van der Waals surface area (Å²) in [6, 6.07) is 7.85. The van der Waals surface area contributed by atoms with Crippen molar-refractivity contribution in [1.82, 2.24) is 10.3 Å². The van der Waals surface area contributed by atoms with E-state index in [4.69, 9.17) is 0 Å². The smallest absolute Gasteiger partial charge is 0.251 e. The molecule has 1 aromatic carbocycles. The summed E-state index contributed by atoms with van der Waals surface area (Å²) in [6.45, 7) is 2.54. The van der Waals surface area contributed by atoms with Gasteiger partial charge in [0.1, 0.15) is 0 Å². The fraction of sp³-hybridized carbons (Fsp3) is 0.429. The number of nitrogens with one attached hydrogen (secondary N) is 2. The van der Waals surface area contributed by atoms with Crippen molar-refractivity contribution in [2.75, 3.05) is 6.54 Å². The topological polar surface area (TPSA) is 62.0 Å². The minimum Gasteiger partial charge on any atom is -0.356 e. The van der Waals surface area contributed by atoms with Crippen LogP contribution in [0.1, 0.15) is 49.7 Å². The number of pyridine rings is 1. The van der Waals surface area contributed by atoms with E-state index >= 15 is 0 Å². The highest BCUT2D eigenvalue weighted by atomic mass is 16.1. The molecule has 1 aromatic heterocycles. The molecule has 132 valence electrons. The van der Waals surface area contributed by atoms with Gasteiger partial charge in [-0.15, -0.1) is 0 Å². The number of carbonyl (C=O) groups excluding carboxylic acids is 1. The molecule has 0 saturated carbocycles. The lowest BCUT2D eigenvalue weighted by Gasteiger charge is -2.13. The lowest BCUT2D eigenvalue weighted by atomic mass is 9.97. The number of carbonyl (C=O) groups is 1. The molecule has 4 nitrogen and oxygen atoms in total. The molecule has 0 spiro atoms. The number of hydrogen-bond acceptors (Lipinski definition) is 2. The molecule has 0 bridgehead atoms. The van der Waals surface area contributed by atoms with Crippen LogP contribution in [0.4, 0.5) is 0 Å². The Bertz CT molecular complexity index is 849. The molecule has 2 N–H and O–H groups in total. The summed E-state index contributed by atoms with van der Waals surface area (Å²) >= 11 is 0. The first-order chi connectivity index (χ1) is 12.1. The van der Waals surface area contributed by atoms with Crippen LogP contribution in [0.25, 0.3) is 10.9 Å². The Morgan fingerprint density at radius 1 is 1.20 bits per heavy atom. The Balaban J connectivity index is 1.49. The second-order valence-corrected chi connectivity index (χ2v) is 6.91. The molecule has 0 radical (unpaired) electrons. The molecule has 0 saturated heterocycles. The second kappa shape index (κ2) is 8.15. The largest absolute Gasteiger partial charge is 0.356 e. The third-order valence-electron chi connectivity index (χ3n) is 4.89. The van der Waals surface area contributed by atoms with Crippen LogP contribution in [0.15, 0.2) is 40.7 Å². The van der Waals surface area contributed by atoms with Crippen molar-refractivity contribution in [3.8, 4) is 0 Å². The molecule has 0 fully saturated rings. The van der Waals surface area contributed by atoms with Gasteiger partial charge in [-0.25, -0.2) is 0 Å². The van der Waals surface area contributed by atoms with Crippen LogP contribution < -0.4 is 10.9 Å². The van der Waals surface area contributed by atoms with E-state index in [2.05, 4.69) is 22.4 Å². The van der Waals surface area contributed by atoms with E-state index in [1.807, 2.05) is 18.2 Å². The molecule has 1 aliphatic rings. The van der Waals surface area contributed by atoms with Crippen molar-refractivity contribution >= 4 is 16.8 Å². The lowest BCUT2D eigenvalue weighted by molar-refractivity contribution is -0.121. The van der Waals surface area contributed by atoms with Crippen molar-refractivity contribution < 1.29 is 4.79 Å². The number of allylic oxidation sites excluding steroid dienone is 1. The molecule has 1 heterocycles. The van der Waals surface area contributed by atoms with Crippen LogP contribution in [0.3, 0.4) is 0 Å². The maximum Gasteiger partial charge on any atom is 0.251 e. The lowest BCUT2D eigenvalue weighted by Crippen LogP contribution is -2.25. The van der Waals surface area contributed by atoms with E-state index in [1.165, 1.54) is 31.3 Å². The van der Waals surface area contributed by atoms with E-state index < -0.39 is 0 Å². The molecule has 1 amide bonds. The van der Waals surface area contributed by atoms with Crippen molar-refractivity contribution in [3.05, 3.63) is 57.4 Å². The summed E-state index contributed by atoms with van der Waals surface area (Å²) in [5, 5.41) is 4.04.